The van der Waals surface area contributed by atoms with Crippen molar-refractivity contribution in [1.82, 2.24) is 15.2 Å². The molecular formula is C17H17N3O2S2. The van der Waals surface area contributed by atoms with Crippen molar-refractivity contribution in [2.75, 3.05) is 5.75 Å². The van der Waals surface area contributed by atoms with E-state index in [2.05, 4.69) is 28.2 Å². The second kappa shape index (κ2) is 6.57. The van der Waals surface area contributed by atoms with Gasteiger partial charge >= 0.3 is 0 Å². The lowest BCUT2D eigenvalue weighted by Gasteiger charge is -2.16. The predicted molar refractivity (Wildman–Crippen MR) is 94.6 cm³/mol. The molecule has 124 valence electrons. The normalized spacial score (nSPS) is 17.0. The fourth-order valence-corrected chi connectivity index (χ4v) is 4.66. The summed E-state index contributed by atoms with van der Waals surface area (Å²) >= 11 is 3.02. The van der Waals surface area contributed by atoms with Gasteiger partial charge in [0.25, 0.3) is 11.1 Å². The number of thioether (sulfide) groups is 1. The minimum atomic E-state index is 0.0188. The lowest BCUT2D eigenvalue weighted by molar-refractivity contribution is 0.101. The van der Waals surface area contributed by atoms with E-state index in [1.165, 1.54) is 28.6 Å². The van der Waals surface area contributed by atoms with Gasteiger partial charge in [-0.15, -0.1) is 21.5 Å². The highest BCUT2D eigenvalue weighted by molar-refractivity contribution is 7.99. The standard InChI is InChI=1S/C17H17N3O2S2/c1-10-4-5-14-11(7-10)8-15(24-14)16-19-20-17(22-16)23-9-13(21)12-3-2-6-18-12/h2-3,6,8,10,18H,4-5,7,9H2,1H3/t10-/m0/s1. The Kier molecular flexibility index (Phi) is 4.28. The molecule has 1 atom stereocenters. The number of hydrogen-bond donors (Lipinski definition) is 1. The first kappa shape index (κ1) is 15.7. The van der Waals surface area contributed by atoms with E-state index >= 15 is 0 Å². The number of H-pyrrole nitrogens is 1. The van der Waals surface area contributed by atoms with Crippen molar-refractivity contribution < 1.29 is 9.21 Å². The molecule has 3 aromatic heterocycles. The molecular weight excluding hydrogens is 342 g/mol. The number of Topliss-reactive ketones (excluding diaryl/α,β-unsaturated/α-hetero) is 1. The fourth-order valence-electron chi connectivity index (χ4n) is 2.89. The third kappa shape index (κ3) is 3.18. The Hall–Kier alpha value is -1.86. The second-order valence-corrected chi connectivity index (χ2v) is 8.14. The Morgan fingerprint density at radius 3 is 3.25 bits per heavy atom. The zero-order chi connectivity index (χ0) is 16.5. The van der Waals surface area contributed by atoms with Gasteiger partial charge in [-0.3, -0.25) is 4.79 Å². The van der Waals surface area contributed by atoms with Crippen LogP contribution in [0.4, 0.5) is 0 Å². The first-order chi connectivity index (χ1) is 11.7. The van der Waals surface area contributed by atoms with Crippen molar-refractivity contribution in [3.63, 3.8) is 0 Å². The number of carbonyl (C=O) groups is 1. The van der Waals surface area contributed by atoms with Crippen LogP contribution in [-0.4, -0.2) is 26.7 Å². The fraction of sp³-hybridized carbons (Fsp3) is 0.353. The van der Waals surface area contributed by atoms with E-state index < -0.39 is 0 Å². The number of fused-ring (bicyclic) bond motifs is 1. The molecule has 1 N–H and O–H groups in total. The van der Waals surface area contributed by atoms with E-state index in [0.29, 0.717) is 16.8 Å². The summed E-state index contributed by atoms with van der Waals surface area (Å²) in [4.78, 5) is 17.4. The molecule has 0 radical (unpaired) electrons. The molecule has 4 rings (SSSR count). The molecule has 0 aliphatic heterocycles. The monoisotopic (exact) mass is 359 g/mol. The van der Waals surface area contributed by atoms with Crippen LogP contribution in [0.15, 0.2) is 34.0 Å². The van der Waals surface area contributed by atoms with Crippen LogP contribution in [-0.2, 0) is 12.8 Å². The van der Waals surface area contributed by atoms with Crippen LogP contribution in [0.3, 0.4) is 0 Å². The number of aromatic nitrogens is 3. The molecule has 0 spiro atoms. The van der Waals surface area contributed by atoms with Gasteiger partial charge in [-0.1, -0.05) is 18.7 Å². The molecule has 0 bridgehead atoms. The molecule has 0 fully saturated rings. The molecule has 3 aromatic rings. The Morgan fingerprint density at radius 2 is 2.42 bits per heavy atom. The van der Waals surface area contributed by atoms with Crippen LogP contribution in [0.25, 0.3) is 10.8 Å². The van der Waals surface area contributed by atoms with Crippen LogP contribution in [0.5, 0.6) is 0 Å². The van der Waals surface area contributed by atoms with Crippen LogP contribution in [0, 0.1) is 5.92 Å². The van der Waals surface area contributed by atoms with E-state index in [0.717, 1.165) is 23.6 Å². The number of rotatable bonds is 5. The Morgan fingerprint density at radius 1 is 1.50 bits per heavy atom. The number of thiophene rings is 1. The van der Waals surface area contributed by atoms with Crippen molar-refractivity contribution in [1.29, 1.82) is 0 Å². The van der Waals surface area contributed by atoms with Gasteiger partial charge < -0.3 is 9.40 Å². The van der Waals surface area contributed by atoms with Crippen LogP contribution in [0.1, 0.15) is 34.3 Å². The van der Waals surface area contributed by atoms with Crippen molar-refractivity contribution in [3.05, 3.63) is 40.5 Å². The maximum Gasteiger partial charge on any atom is 0.277 e. The van der Waals surface area contributed by atoms with Gasteiger partial charge in [-0.25, -0.2) is 0 Å². The minimum absolute atomic E-state index is 0.0188. The van der Waals surface area contributed by atoms with Crippen LogP contribution < -0.4 is 0 Å². The molecule has 0 saturated carbocycles. The van der Waals surface area contributed by atoms with Crippen molar-refractivity contribution in [2.45, 2.75) is 31.4 Å². The lowest BCUT2D eigenvalue weighted by Crippen LogP contribution is -2.07. The molecule has 0 unspecified atom stereocenters. The number of nitrogens with zero attached hydrogens (tertiary/aromatic N) is 2. The van der Waals surface area contributed by atoms with E-state index in [1.807, 2.05) is 6.07 Å². The summed E-state index contributed by atoms with van der Waals surface area (Å²) < 4.78 is 5.73. The zero-order valence-electron chi connectivity index (χ0n) is 13.2. The van der Waals surface area contributed by atoms with Crippen molar-refractivity contribution in [2.24, 2.45) is 5.92 Å². The summed E-state index contributed by atoms with van der Waals surface area (Å²) in [7, 11) is 0. The second-order valence-electron chi connectivity index (χ2n) is 6.08. The van der Waals surface area contributed by atoms with Gasteiger partial charge in [-0.05, 0) is 48.9 Å². The largest absolute Gasteiger partial charge is 0.410 e. The molecule has 24 heavy (non-hydrogen) atoms. The van der Waals surface area contributed by atoms with Crippen LogP contribution >= 0.6 is 23.1 Å². The van der Waals surface area contributed by atoms with Gasteiger partial charge in [0.05, 0.1) is 16.3 Å². The molecule has 0 saturated heterocycles. The van der Waals surface area contributed by atoms with Gasteiger partial charge in [-0.2, -0.15) is 0 Å². The number of aryl methyl sites for hydroxylation is 1. The number of hydrogen-bond acceptors (Lipinski definition) is 6. The highest BCUT2D eigenvalue weighted by Crippen LogP contribution is 2.37. The Balaban J connectivity index is 1.44. The smallest absolute Gasteiger partial charge is 0.277 e. The summed E-state index contributed by atoms with van der Waals surface area (Å²) in [5.74, 6) is 1.59. The minimum Gasteiger partial charge on any atom is -0.410 e. The average molecular weight is 359 g/mol. The van der Waals surface area contributed by atoms with Gasteiger partial charge in [0.1, 0.15) is 0 Å². The van der Waals surface area contributed by atoms with Gasteiger partial charge in [0, 0.05) is 11.1 Å². The summed E-state index contributed by atoms with van der Waals surface area (Å²) in [5, 5.41) is 8.64. The lowest BCUT2D eigenvalue weighted by atomic mass is 9.90. The summed E-state index contributed by atoms with van der Waals surface area (Å²) in [6.45, 7) is 2.29. The molecule has 1 aliphatic carbocycles. The SMILES string of the molecule is C[C@H]1CCc2sc(-c3nnc(SCC(=O)c4ccc[nH]4)o3)cc2C1. The van der Waals surface area contributed by atoms with E-state index in [-0.39, 0.29) is 11.5 Å². The third-order valence-electron chi connectivity index (χ3n) is 4.17. The first-order valence-corrected chi connectivity index (χ1v) is 9.74. The number of aromatic amines is 1. The average Bonchev–Trinajstić information content (AvgIpc) is 3.30. The Labute approximate surface area is 147 Å². The topological polar surface area (TPSA) is 71.8 Å². The van der Waals surface area contributed by atoms with E-state index in [1.54, 1.807) is 23.6 Å². The summed E-state index contributed by atoms with van der Waals surface area (Å²) in [5.41, 5.74) is 2.02. The number of nitrogens with one attached hydrogen (secondary N) is 1. The zero-order valence-corrected chi connectivity index (χ0v) is 14.9. The van der Waals surface area contributed by atoms with Crippen molar-refractivity contribution >= 4 is 28.9 Å². The summed E-state index contributed by atoms with van der Waals surface area (Å²) in [6.07, 6.45) is 5.26. The molecule has 0 aromatic carbocycles. The highest BCUT2D eigenvalue weighted by atomic mass is 32.2. The number of carbonyl (C=O) groups excluding carboxylic acids is 1. The molecule has 1 aliphatic rings. The van der Waals surface area contributed by atoms with E-state index in [4.69, 9.17) is 4.42 Å². The highest BCUT2D eigenvalue weighted by Gasteiger charge is 2.21. The maximum absolute atomic E-state index is 12.0. The third-order valence-corrected chi connectivity index (χ3v) is 6.22. The Bertz CT molecular complexity index is 851. The van der Waals surface area contributed by atoms with Crippen LogP contribution in [0.2, 0.25) is 0 Å². The molecule has 0 amide bonds. The quantitative estimate of drug-likeness (QED) is 0.545. The molecule has 7 heteroatoms. The summed E-state index contributed by atoms with van der Waals surface area (Å²) in [6, 6.07) is 5.75. The predicted octanol–water partition coefficient (Wildman–Crippen LogP) is 4.23. The van der Waals surface area contributed by atoms with Gasteiger partial charge in [0.2, 0.25) is 0 Å². The first-order valence-electron chi connectivity index (χ1n) is 7.94. The molecule has 5 nitrogen and oxygen atoms in total. The number of ketones is 1. The van der Waals surface area contributed by atoms with Gasteiger partial charge in [0.15, 0.2) is 5.78 Å². The maximum atomic E-state index is 12.0. The van der Waals surface area contributed by atoms with Crippen molar-refractivity contribution in [3.8, 4) is 10.8 Å². The molecule has 3 heterocycles. The van der Waals surface area contributed by atoms with E-state index in [9.17, 15) is 4.79 Å².